The van der Waals surface area contributed by atoms with Crippen LogP contribution in [0.1, 0.15) is 52.4 Å². The van der Waals surface area contributed by atoms with E-state index in [9.17, 15) is 19.5 Å². The molecule has 1 aliphatic carbocycles. The van der Waals surface area contributed by atoms with Crippen LogP contribution in [-0.4, -0.2) is 28.9 Å². The van der Waals surface area contributed by atoms with E-state index >= 15 is 0 Å². The van der Waals surface area contributed by atoms with Gasteiger partial charge in [0.2, 0.25) is 11.8 Å². The number of hydrogen-bond donors (Lipinski definition) is 4. The number of benzene rings is 2. The van der Waals surface area contributed by atoms with E-state index in [0.29, 0.717) is 12.8 Å². The Bertz CT molecular complexity index is 1030. The molecule has 0 spiro atoms. The van der Waals surface area contributed by atoms with E-state index in [1.54, 1.807) is 0 Å². The number of nitriles is 1. The Hall–Kier alpha value is -3.86. The summed E-state index contributed by atoms with van der Waals surface area (Å²) < 4.78 is 0. The average Bonchev–Trinajstić information content (AvgIpc) is 3.04. The van der Waals surface area contributed by atoms with Crippen molar-refractivity contribution in [2.24, 2.45) is 5.73 Å². The highest BCUT2D eigenvalue weighted by molar-refractivity contribution is 5.95. The molecule has 3 rings (SSSR count). The zero-order valence-electron chi connectivity index (χ0n) is 16.2. The molecule has 3 amide bonds. The average molecular weight is 406 g/mol. The molecule has 2 aromatic rings. The van der Waals surface area contributed by atoms with Gasteiger partial charge in [-0.15, -0.1) is 0 Å². The maximum Gasteiger partial charge on any atom is 0.252 e. The van der Waals surface area contributed by atoms with Crippen LogP contribution < -0.4 is 16.4 Å². The van der Waals surface area contributed by atoms with Gasteiger partial charge in [0.25, 0.3) is 5.91 Å². The molecule has 2 atom stereocenters. The van der Waals surface area contributed by atoms with Crippen molar-refractivity contribution in [1.29, 1.82) is 5.26 Å². The predicted octanol–water partition coefficient (Wildman–Crippen LogP) is 1.43. The minimum atomic E-state index is -0.471. The van der Waals surface area contributed by atoms with Gasteiger partial charge in [0.1, 0.15) is 5.75 Å². The third-order valence-corrected chi connectivity index (χ3v) is 5.00. The molecule has 8 nitrogen and oxygen atoms in total. The summed E-state index contributed by atoms with van der Waals surface area (Å²) in [6.07, 6.45) is 1.20. The van der Waals surface area contributed by atoms with Crippen LogP contribution in [-0.2, 0) is 16.0 Å². The fourth-order valence-electron chi connectivity index (χ4n) is 3.64. The lowest BCUT2D eigenvalue weighted by atomic mass is 10.0. The van der Waals surface area contributed by atoms with Crippen LogP contribution in [0.5, 0.6) is 5.75 Å². The molecule has 0 unspecified atom stereocenters. The first-order valence-corrected chi connectivity index (χ1v) is 9.58. The summed E-state index contributed by atoms with van der Waals surface area (Å²) in [5.41, 5.74) is 7.34. The molecule has 0 heterocycles. The minimum absolute atomic E-state index is 0.136. The number of rotatable bonds is 7. The summed E-state index contributed by atoms with van der Waals surface area (Å²) in [5, 5.41) is 24.7. The van der Waals surface area contributed by atoms with E-state index in [1.165, 1.54) is 18.2 Å². The number of phenolic OH excluding ortho intramolecular Hbond substituents is 1. The molecule has 0 bridgehead atoms. The Labute approximate surface area is 173 Å². The fraction of sp³-hybridized carbons (Fsp3) is 0.273. The number of amides is 3. The van der Waals surface area contributed by atoms with Gasteiger partial charge in [-0.25, -0.2) is 0 Å². The summed E-state index contributed by atoms with van der Waals surface area (Å²) in [6.45, 7) is 0. The Kier molecular flexibility index (Phi) is 6.32. The van der Waals surface area contributed by atoms with Crippen LogP contribution in [0.3, 0.4) is 0 Å². The Balaban J connectivity index is 1.76. The van der Waals surface area contributed by atoms with Crippen LogP contribution in [0.4, 0.5) is 0 Å². The van der Waals surface area contributed by atoms with Crippen LogP contribution >= 0.6 is 0 Å². The number of primary amides is 1. The molecular weight excluding hydrogens is 384 g/mol. The van der Waals surface area contributed by atoms with E-state index in [2.05, 4.69) is 10.6 Å². The highest BCUT2D eigenvalue weighted by Crippen LogP contribution is 2.32. The van der Waals surface area contributed by atoms with Gasteiger partial charge in [-0.1, -0.05) is 24.3 Å². The van der Waals surface area contributed by atoms with Crippen molar-refractivity contribution in [3.05, 3.63) is 64.7 Å². The van der Waals surface area contributed by atoms with Crippen molar-refractivity contribution in [3.63, 3.8) is 0 Å². The topological polar surface area (TPSA) is 145 Å². The minimum Gasteiger partial charge on any atom is -0.508 e. The van der Waals surface area contributed by atoms with E-state index in [0.717, 1.165) is 11.1 Å². The molecule has 5 N–H and O–H groups in total. The normalized spacial score (nSPS) is 16.9. The second-order valence-corrected chi connectivity index (χ2v) is 7.23. The first kappa shape index (κ1) is 20.9. The van der Waals surface area contributed by atoms with Crippen LogP contribution in [0.25, 0.3) is 0 Å². The van der Waals surface area contributed by atoms with E-state index in [1.807, 2.05) is 30.3 Å². The highest BCUT2D eigenvalue weighted by Gasteiger charge is 2.34. The third kappa shape index (κ3) is 4.94. The van der Waals surface area contributed by atoms with Gasteiger partial charge in [0.15, 0.2) is 0 Å². The molecule has 0 saturated carbocycles. The first-order chi connectivity index (χ1) is 14.4. The fourth-order valence-corrected chi connectivity index (χ4v) is 3.64. The summed E-state index contributed by atoms with van der Waals surface area (Å²) in [5.74, 6) is -1.32. The van der Waals surface area contributed by atoms with Crippen LogP contribution in [0.2, 0.25) is 0 Å². The summed E-state index contributed by atoms with van der Waals surface area (Å²) in [7, 11) is 0. The molecule has 0 fully saturated rings. The summed E-state index contributed by atoms with van der Waals surface area (Å²) in [6, 6.07) is 12.6. The summed E-state index contributed by atoms with van der Waals surface area (Å²) >= 11 is 0. The molecule has 0 aliphatic heterocycles. The SMILES string of the molecule is N#Cc1cc(O)cc(C(=O)N[C@@H]2c3ccccc3C[C@H]2NC(=O)CCCC(N)=O)c1. The van der Waals surface area contributed by atoms with Gasteiger partial charge in [-0.2, -0.15) is 5.26 Å². The standard InChI is InChI=1S/C22H22N4O4/c23-12-13-8-15(10-16(27)9-13)22(30)26-21-17-5-2-1-4-14(17)11-18(21)25-20(29)7-3-6-19(24)28/h1-2,4-5,8-10,18,21,27H,3,6-7,11H2,(H2,24,28)(H,25,29)(H,26,30)/t18-,21-/m1/s1. The Morgan fingerprint density at radius 2 is 1.90 bits per heavy atom. The van der Waals surface area contributed by atoms with Crippen molar-refractivity contribution < 1.29 is 19.5 Å². The molecular formula is C22H22N4O4. The van der Waals surface area contributed by atoms with Crippen molar-refractivity contribution in [2.45, 2.75) is 37.8 Å². The molecule has 1 aliphatic rings. The van der Waals surface area contributed by atoms with E-state index in [4.69, 9.17) is 11.0 Å². The van der Waals surface area contributed by atoms with Crippen molar-refractivity contribution in [2.75, 3.05) is 0 Å². The van der Waals surface area contributed by atoms with Gasteiger partial charge in [0, 0.05) is 18.4 Å². The monoisotopic (exact) mass is 406 g/mol. The number of fused-ring (bicyclic) bond motifs is 1. The summed E-state index contributed by atoms with van der Waals surface area (Å²) in [4.78, 5) is 36.0. The van der Waals surface area contributed by atoms with Crippen molar-refractivity contribution in [3.8, 4) is 11.8 Å². The zero-order valence-corrected chi connectivity index (χ0v) is 16.2. The maximum atomic E-state index is 12.8. The number of carbonyl (C=O) groups excluding carboxylic acids is 3. The number of aromatic hydroxyl groups is 1. The lowest BCUT2D eigenvalue weighted by Gasteiger charge is -2.23. The largest absolute Gasteiger partial charge is 0.508 e. The van der Waals surface area contributed by atoms with E-state index < -0.39 is 17.9 Å². The quantitative estimate of drug-likeness (QED) is 0.549. The van der Waals surface area contributed by atoms with Crippen molar-refractivity contribution >= 4 is 17.7 Å². The third-order valence-electron chi connectivity index (χ3n) is 5.00. The second-order valence-electron chi connectivity index (χ2n) is 7.23. The molecule has 8 heteroatoms. The van der Waals surface area contributed by atoms with Gasteiger partial charge >= 0.3 is 0 Å². The maximum absolute atomic E-state index is 12.8. The number of phenols is 1. The number of hydrogen-bond acceptors (Lipinski definition) is 5. The van der Waals surface area contributed by atoms with E-state index in [-0.39, 0.29) is 41.7 Å². The van der Waals surface area contributed by atoms with Crippen molar-refractivity contribution in [1.82, 2.24) is 10.6 Å². The molecule has 30 heavy (non-hydrogen) atoms. The molecule has 0 saturated heterocycles. The number of nitrogens with two attached hydrogens (primary N) is 1. The molecule has 0 radical (unpaired) electrons. The highest BCUT2D eigenvalue weighted by atomic mass is 16.3. The second kappa shape index (κ2) is 9.09. The predicted molar refractivity (Wildman–Crippen MR) is 108 cm³/mol. The lowest BCUT2D eigenvalue weighted by molar-refractivity contribution is -0.122. The smallest absolute Gasteiger partial charge is 0.252 e. The number of nitrogens with one attached hydrogen (secondary N) is 2. The van der Waals surface area contributed by atoms with Crippen LogP contribution in [0, 0.1) is 11.3 Å². The molecule has 154 valence electrons. The Morgan fingerprint density at radius 3 is 2.63 bits per heavy atom. The van der Waals surface area contributed by atoms with Gasteiger partial charge in [0.05, 0.1) is 23.7 Å². The Morgan fingerprint density at radius 1 is 1.13 bits per heavy atom. The van der Waals surface area contributed by atoms with Gasteiger partial charge in [-0.05, 0) is 42.2 Å². The number of nitrogens with zero attached hydrogens (tertiary/aromatic N) is 1. The van der Waals surface area contributed by atoms with Gasteiger partial charge < -0.3 is 21.5 Å². The molecule has 0 aromatic heterocycles. The van der Waals surface area contributed by atoms with Crippen LogP contribution in [0.15, 0.2) is 42.5 Å². The lowest BCUT2D eigenvalue weighted by Crippen LogP contribution is -2.44. The number of carbonyl (C=O) groups is 3. The van der Waals surface area contributed by atoms with Gasteiger partial charge in [-0.3, -0.25) is 14.4 Å². The molecule has 2 aromatic carbocycles. The first-order valence-electron chi connectivity index (χ1n) is 9.58. The zero-order chi connectivity index (χ0) is 21.7.